The Kier molecular flexibility index (Phi) is 7.31. The SMILES string of the molecule is CCNC(=NCC(C)(C)Cc1cccc(Cl)c1)NCCn1ccnc1. The van der Waals surface area contributed by atoms with E-state index >= 15 is 0 Å². The van der Waals surface area contributed by atoms with E-state index in [4.69, 9.17) is 16.6 Å². The summed E-state index contributed by atoms with van der Waals surface area (Å²) in [5, 5.41) is 7.46. The molecule has 0 radical (unpaired) electrons. The first kappa shape index (κ1) is 19.3. The molecule has 0 amide bonds. The average molecular weight is 362 g/mol. The fourth-order valence-electron chi connectivity index (χ4n) is 2.61. The highest BCUT2D eigenvalue weighted by Gasteiger charge is 2.18. The van der Waals surface area contributed by atoms with Crippen LogP contribution in [-0.2, 0) is 13.0 Å². The van der Waals surface area contributed by atoms with Crippen LogP contribution in [0.25, 0.3) is 0 Å². The van der Waals surface area contributed by atoms with Gasteiger partial charge in [0.15, 0.2) is 5.96 Å². The number of halogens is 1. The van der Waals surface area contributed by atoms with Gasteiger partial charge in [0.2, 0.25) is 0 Å². The third kappa shape index (κ3) is 7.18. The summed E-state index contributed by atoms with van der Waals surface area (Å²) >= 11 is 6.09. The number of aliphatic imine (C=N–C) groups is 1. The van der Waals surface area contributed by atoms with Gasteiger partial charge >= 0.3 is 0 Å². The summed E-state index contributed by atoms with van der Waals surface area (Å²) in [6.45, 7) is 9.77. The highest BCUT2D eigenvalue weighted by molar-refractivity contribution is 6.30. The molecule has 1 aromatic carbocycles. The van der Waals surface area contributed by atoms with E-state index in [9.17, 15) is 0 Å². The number of aromatic nitrogens is 2. The Hall–Kier alpha value is -2.01. The van der Waals surface area contributed by atoms with E-state index in [2.05, 4.69) is 42.5 Å². The Morgan fingerprint density at radius 2 is 2.16 bits per heavy atom. The molecule has 0 saturated carbocycles. The van der Waals surface area contributed by atoms with Crippen LogP contribution in [0.2, 0.25) is 5.02 Å². The zero-order valence-electron chi connectivity index (χ0n) is 15.3. The minimum atomic E-state index is 0.0530. The lowest BCUT2D eigenvalue weighted by atomic mass is 9.86. The topological polar surface area (TPSA) is 54.2 Å². The minimum Gasteiger partial charge on any atom is -0.357 e. The quantitative estimate of drug-likeness (QED) is 0.560. The first-order valence-corrected chi connectivity index (χ1v) is 9.09. The number of rotatable bonds is 8. The molecule has 1 heterocycles. The fourth-order valence-corrected chi connectivity index (χ4v) is 2.83. The first-order valence-electron chi connectivity index (χ1n) is 8.71. The second kappa shape index (κ2) is 9.47. The molecule has 2 rings (SSSR count). The first-order chi connectivity index (χ1) is 12.0. The number of hydrogen-bond acceptors (Lipinski definition) is 2. The molecule has 0 saturated heterocycles. The van der Waals surface area contributed by atoms with E-state index in [0.717, 1.165) is 43.6 Å². The third-order valence-electron chi connectivity index (χ3n) is 3.80. The van der Waals surface area contributed by atoms with E-state index in [1.165, 1.54) is 5.56 Å². The maximum absolute atomic E-state index is 6.09. The molecule has 25 heavy (non-hydrogen) atoms. The Morgan fingerprint density at radius 3 is 2.84 bits per heavy atom. The van der Waals surface area contributed by atoms with Crippen molar-refractivity contribution in [2.75, 3.05) is 19.6 Å². The molecule has 0 unspecified atom stereocenters. The normalized spacial score (nSPS) is 12.2. The van der Waals surface area contributed by atoms with Gasteiger partial charge in [0.1, 0.15) is 0 Å². The second-order valence-electron chi connectivity index (χ2n) is 6.89. The van der Waals surface area contributed by atoms with Gasteiger partial charge in [0.05, 0.1) is 6.33 Å². The van der Waals surface area contributed by atoms with Gasteiger partial charge in [-0.2, -0.15) is 0 Å². The zero-order valence-corrected chi connectivity index (χ0v) is 16.1. The monoisotopic (exact) mass is 361 g/mol. The predicted molar refractivity (Wildman–Crippen MR) is 105 cm³/mol. The fraction of sp³-hybridized carbons (Fsp3) is 0.474. The molecular formula is C19H28ClN5. The Labute approximate surface area is 155 Å². The highest BCUT2D eigenvalue weighted by atomic mass is 35.5. The van der Waals surface area contributed by atoms with Crippen LogP contribution in [0, 0.1) is 5.41 Å². The van der Waals surface area contributed by atoms with Crippen molar-refractivity contribution in [3.05, 3.63) is 53.6 Å². The summed E-state index contributed by atoms with van der Waals surface area (Å²) in [4.78, 5) is 8.81. The van der Waals surface area contributed by atoms with Crippen LogP contribution in [0.4, 0.5) is 0 Å². The van der Waals surface area contributed by atoms with Crippen molar-refractivity contribution in [3.8, 4) is 0 Å². The smallest absolute Gasteiger partial charge is 0.191 e. The van der Waals surface area contributed by atoms with E-state index in [0.29, 0.717) is 0 Å². The van der Waals surface area contributed by atoms with Crippen molar-refractivity contribution in [1.82, 2.24) is 20.2 Å². The van der Waals surface area contributed by atoms with Gasteiger partial charge in [-0.15, -0.1) is 0 Å². The molecule has 0 spiro atoms. The van der Waals surface area contributed by atoms with Crippen molar-refractivity contribution >= 4 is 17.6 Å². The Morgan fingerprint density at radius 1 is 1.32 bits per heavy atom. The molecule has 0 atom stereocenters. The van der Waals surface area contributed by atoms with Crippen LogP contribution in [0.1, 0.15) is 26.3 Å². The molecule has 0 aliphatic rings. The zero-order chi connectivity index (χ0) is 18.1. The van der Waals surface area contributed by atoms with Crippen LogP contribution < -0.4 is 10.6 Å². The largest absolute Gasteiger partial charge is 0.357 e. The van der Waals surface area contributed by atoms with Crippen LogP contribution in [0.3, 0.4) is 0 Å². The number of imidazole rings is 1. The van der Waals surface area contributed by atoms with E-state index in [1.807, 2.05) is 35.3 Å². The summed E-state index contributed by atoms with van der Waals surface area (Å²) in [6.07, 6.45) is 6.50. The molecule has 2 aromatic rings. The Balaban J connectivity index is 1.89. The van der Waals surface area contributed by atoms with Gasteiger partial charge < -0.3 is 15.2 Å². The van der Waals surface area contributed by atoms with Crippen LogP contribution in [0.15, 0.2) is 48.0 Å². The van der Waals surface area contributed by atoms with Gasteiger partial charge in [-0.05, 0) is 36.5 Å². The van der Waals surface area contributed by atoms with Gasteiger partial charge in [-0.25, -0.2) is 4.98 Å². The van der Waals surface area contributed by atoms with E-state index in [1.54, 1.807) is 6.20 Å². The van der Waals surface area contributed by atoms with Gasteiger partial charge in [-0.3, -0.25) is 4.99 Å². The Bertz CT molecular complexity index is 664. The molecule has 5 nitrogen and oxygen atoms in total. The summed E-state index contributed by atoms with van der Waals surface area (Å²) in [7, 11) is 0. The van der Waals surface area contributed by atoms with Gasteiger partial charge in [-0.1, -0.05) is 37.6 Å². The summed E-state index contributed by atoms with van der Waals surface area (Å²) in [5.74, 6) is 0.849. The summed E-state index contributed by atoms with van der Waals surface area (Å²) < 4.78 is 2.04. The van der Waals surface area contributed by atoms with Gasteiger partial charge in [0.25, 0.3) is 0 Å². The number of benzene rings is 1. The molecule has 6 heteroatoms. The lowest BCUT2D eigenvalue weighted by Gasteiger charge is -2.23. The van der Waals surface area contributed by atoms with E-state index in [-0.39, 0.29) is 5.41 Å². The molecule has 0 aliphatic heterocycles. The summed E-state index contributed by atoms with van der Waals surface area (Å²) in [5.41, 5.74) is 1.29. The van der Waals surface area contributed by atoms with Crippen molar-refractivity contribution in [3.63, 3.8) is 0 Å². The minimum absolute atomic E-state index is 0.0530. The number of nitrogens with zero attached hydrogens (tertiary/aromatic N) is 3. The lowest BCUT2D eigenvalue weighted by Crippen LogP contribution is -2.39. The number of guanidine groups is 1. The molecule has 0 bridgehead atoms. The molecule has 0 fully saturated rings. The summed E-state index contributed by atoms with van der Waals surface area (Å²) in [6, 6.07) is 8.05. The predicted octanol–water partition coefficient (Wildman–Crippen LogP) is 3.36. The van der Waals surface area contributed by atoms with Gasteiger partial charge in [0, 0.05) is 43.6 Å². The van der Waals surface area contributed by atoms with Crippen LogP contribution in [0.5, 0.6) is 0 Å². The third-order valence-corrected chi connectivity index (χ3v) is 4.04. The van der Waals surface area contributed by atoms with E-state index < -0.39 is 0 Å². The van der Waals surface area contributed by atoms with Crippen LogP contribution >= 0.6 is 11.6 Å². The lowest BCUT2D eigenvalue weighted by molar-refractivity contribution is 0.377. The number of nitrogens with one attached hydrogen (secondary N) is 2. The molecule has 0 aliphatic carbocycles. The average Bonchev–Trinajstić information content (AvgIpc) is 3.05. The maximum Gasteiger partial charge on any atom is 0.191 e. The molecule has 1 aromatic heterocycles. The maximum atomic E-state index is 6.09. The highest BCUT2D eigenvalue weighted by Crippen LogP contribution is 2.23. The molecule has 136 valence electrons. The standard InChI is InChI=1S/C19H28ClN5/c1-4-22-18(23-9-11-25-10-8-21-15-25)24-14-19(2,3)13-16-6-5-7-17(20)12-16/h5-8,10,12,15H,4,9,11,13-14H2,1-3H3,(H2,22,23,24). The molecule has 2 N–H and O–H groups in total. The molecular weight excluding hydrogens is 334 g/mol. The van der Waals surface area contributed by atoms with Crippen molar-refractivity contribution in [1.29, 1.82) is 0 Å². The van der Waals surface area contributed by atoms with Crippen LogP contribution in [-0.4, -0.2) is 35.1 Å². The second-order valence-corrected chi connectivity index (χ2v) is 7.33. The van der Waals surface area contributed by atoms with Crippen molar-refractivity contribution in [2.24, 2.45) is 10.4 Å². The van der Waals surface area contributed by atoms with Crippen molar-refractivity contribution < 1.29 is 0 Å². The number of hydrogen-bond donors (Lipinski definition) is 2. The van der Waals surface area contributed by atoms with Crippen molar-refractivity contribution in [2.45, 2.75) is 33.7 Å².